The summed E-state index contributed by atoms with van der Waals surface area (Å²) < 4.78 is 42.0. The molecule has 1 heterocycles. The molecular formula is C9H14ClF3N4O. The second-order valence-electron chi connectivity index (χ2n) is 3.54. The van der Waals surface area contributed by atoms with E-state index in [-0.39, 0.29) is 6.61 Å². The molecule has 18 heavy (non-hydrogen) atoms. The summed E-state index contributed by atoms with van der Waals surface area (Å²) in [6.07, 6.45) is -2.96. The predicted octanol–water partition coefficient (Wildman–Crippen LogP) is 1.64. The first-order valence-corrected chi connectivity index (χ1v) is 5.58. The molecular weight excluding hydrogens is 273 g/mol. The smallest absolute Gasteiger partial charge is 0.370 e. The van der Waals surface area contributed by atoms with Crippen LogP contribution in [0.5, 0.6) is 0 Å². The van der Waals surface area contributed by atoms with Crippen LogP contribution in [0, 0.1) is 0 Å². The first-order valence-electron chi connectivity index (χ1n) is 5.20. The Labute approximate surface area is 107 Å². The number of nitrogens with one attached hydrogen (secondary N) is 1. The molecule has 9 heteroatoms. The van der Waals surface area contributed by atoms with Gasteiger partial charge in [-0.25, -0.2) is 5.43 Å². The van der Waals surface area contributed by atoms with Gasteiger partial charge in [0, 0.05) is 6.54 Å². The fourth-order valence-corrected chi connectivity index (χ4v) is 1.74. The third-order valence-electron chi connectivity index (χ3n) is 2.21. The van der Waals surface area contributed by atoms with Crippen molar-refractivity contribution in [1.29, 1.82) is 0 Å². The van der Waals surface area contributed by atoms with E-state index in [0.29, 0.717) is 17.3 Å². The zero-order valence-corrected chi connectivity index (χ0v) is 10.4. The highest BCUT2D eigenvalue weighted by Gasteiger charge is 2.28. The maximum Gasteiger partial charge on any atom is 0.411 e. The summed E-state index contributed by atoms with van der Waals surface area (Å²) >= 11 is 5.91. The highest BCUT2D eigenvalue weighted by atomic mass is 35.5. The van der Waals surface area contributed by atoms with Crippen LogP contribution in [0.3, 0.4) is 0 Å². The van der Waals surface area contributed by atoms with E-state index >= 15 is 0 Å². The van der Waals surface area contributed by atoms with Crippen molar-refractivity contribution < 1.29 is 17.9 Å². The first kappa shape index (κ1) is 15.2. The Kier molecular flexibility index (Phi) is 5.39. The molecule has 0 saturated carbocycles. The summed E-state index contributed by atoms with van der Waals surface area (Å²) in [5.41, 5.74) is 2.87. The van der Waals surface area contributed by atoms with Crippen molar-refractivity contribution in [3.8, 4) is 0 Å². The highest BCUT2D eigenvalue weighted by Crippen LogP contribution is 2.23. The second-order valence-corrected chi connectivity index (χ2v) is 3.95. The molecule has 0 fully saturated rings. The first-order chi connectivity index (χ1) is 8.39. The van der Waals surface area contributed by atoms with Gasteiger partial charge in [0.2, 0.25) is 0 Å². The SMILES string of the molecule is CCn1ncc(Cl)c1C(COCC(F)(F)F)NN. The van der Waals surface area contributed by atoms with Crippen molar-refractivity contribution >= 4 is 11.6 Å². The van der Waals surface area contributed by atoms with E-state index in [1.807, 2.05) is 6.92 Å². The van der Waals surface area contributed by atoms with Crippen LogP contribution < -0.4 is 11.3 Å². The number of hydrazine groups is 1. The number of aromatic nitrogens is 2. The average molecular weight is 287 g/mol. The maximum atomic E-state index is 12.0. The Morgan fingerprint density at radius 3 is 2.78 bits per heavy atom. The Morgan fingerprint density at radius 1 is 1.61 bits per heavy atom. The van der Waals surface area contributed by atoms with Crippen LogP contribution in [0.2, 0.25) is 5.02 Å². The zero-order valence-electron chi connectivity index (χ0n) is 9.67. The lowest BCUT2D eigenvalue weighted by Crippen LogP contribution is -2.34. The highest BCUT2D eigenvalue weighted by molar-refractivity contribution is 6.31. The van der Waals surface area contributed by atoms with Gasteiger partial charge in [0.15, 0.2) is 0 Å². The summed E-state index contributed by atoms with van der Waals surface area (Å²) in [6.45, 7) is 0.779. The second kappa shape index (κ2) is 6.37. The summed E-state index contributed by atoms with van der Waals surface area (Å²) in [7, 11) is 0. The summed E-state index contributed by atoms with van der Waals surface area (Å²) in [6, 6.07) is -0.651. The van der Waals surface area contributed by atoms with Crippen LogP contribution >= 0.6 is 11.6 Å². The number of rotatable bonds is 6. The number of ether oxygens (including phenoxy) is 1. The Hall–Kier alpha value is -0.830. The van der Waals surface area contributed by atoms with Gasteiger partial charge in [0.25, 0.3) is 0 Å². The maximum absolute atomic E-state index is 12.0. The monoisotopic (exact) mass is 286 g/mol. The van der Waals surface area contributed by atoms with Gasteiger partial charge in [-0.15, -0.1) is 0 Å². The lowest BCUT2D eigenvalue weighted by atomic mass is 10.2. The minimum absolute atomic E-state index is 0.249. The fourth-order valence-electron chi connectivity index (χ4n) is 1.47. The van der Waals surface area contributed by atoms with Crippen molar-refractivity contribution in [2.45, 2.75) is 25.7 Å². The van der Waals surface area contributed by atoms with Gasteiger partial charge in [-0.2, -0.15) is 18.3 Å². The van der Waals surface area contributed by atoms with Gasteiger partial charge in [-0.05, 0) is 6.92 Å². The van der Waals surface area contributed by atoms with Crippen LogP contribution in [0.1, 0.15) is 18.7 Å². The molecule has 0 radical (unpaired) electrons. The third kappa shape index (κ3) is 4.13. The van der Waals surface area contributed by atoms with Gasteiger partial charge in [0.05, 0.1) is 29.6 Å². The lowest BCUT2D eigenvalue weighted by molar-refractivity contribution is -0.175. The molecule has 5 nitrogen and oxygen atoms in total. The molecule has 3 N–H and O–H groups in total. The van der Waals surface area contributed by atoms with Gasteiger partial charge < -0.3 is 4.74 Å². The number of nitrogens with two attached hydrogens (primary N) is 1. The quantitative estimate of drug-likeness (QED) is 0.616. The van der Waals surface area contributed by atoms with Crippen LogP contribution in [0.25, 0.3) is 0 Å². The van der Waals surface area contributed by atoms with Gasteiger partial charge in [-0.3, -0.25) is 10.5 Å². The topological polar surface area (TPSA) is 65.1 Å². The Bertz CT molecular complexity index is 382. The summed E-state index contributed by atoms with van der Waals surface area (Å²) in [5.74, 6) is 5.30. The molecule has 1 atom stereocenters. The van der Waals surface area contributed by atoms with E-state index in [2.05, 4.69) is 15.3 Å². The molecule has 0 aliphatic heterocycles. The summed E-state index contributed by atoms with van der Waals surface area (Å²) in [5, 5.41) is 4.30. The molecule has 104 valence electrons. The minimum Gasteiger partial charge on any atom is -0.370 e. The van der Waals surface area contributed by atoms with Crippen molar-refractivity contribution in [3.63, 3.8) is 0 Å². The van der Waals surface area contributed by atoms with E-state index in [0.717, 1.165) is 0 Å². The molecule has 1 aromatic rings. The number of nitrogens with zero attached hydrogens (tertiary/aromatic N) is 2. The molecule has 0 aliphatic rings. The Balaban J connectivity index is 2.68. The van der Waals surface area contributed by atoms with Crippen molar-refractivity contribution in [1.82, 2.24) is 15.2 Å². The lowest BCUT2D eigenvalue weighted by Gasteiger charge is -2.18. The van der Waals surface area contributed by atoms with E-state index < -0.39 is 18.8 Å². The van der Waals surface area contributed by atoms with Crippen LogP contribution in [-0.4, -0.2) is 29.2 Å². The molecule has 0 amide bonds. The van der Waals surface area contributed by atoms with E-state index in [1.54, 1.807) is 4.68 Å². The van der Waals surface area contributed by atoms with Crippen molar-refractivity contribution in [2.24, 2.45) is 5.84 Å². The summed E-state index contributed by atoms with van der Waals surface area (Å²) in [4.78, 5) is 0. The zero-order chi connectivity index (χ0) is 13.8. The number of alkyl halides is 3. The molecule has 0 bridgehead atoms. The Morgan fingerprint density at radius 2 is 2.28 bits per heavy atom. The number of halogens is 4. The number of hydrogen-bond acceptors (Lipinski definition) is 4. The standard InChI is InChI=1S/C9H14ClF3N4O/c1-2-17-8(6(10)3-15-17)7(16-14)4-18-5-9(11,12)13/h3,7,16H,2,4-5,14H2,1H3. The predicted molar refractivity (Wildman–Crippen MR) is 59.8 cm³/mol. The fraction of sp³-hybridized carbons (Fsp3) is 0.667. The van der Waals surface area contributed by atoms with Crippen LogP contribution in [0.15, 0.2) is 6.20 Å². The minimum atomic E-state index is -4.37. The molecule has 0 aromatic carbocycles. The van der Waals surface area contributed by atoms with E-state index in [4.69, 9.17) is 17.4 Å². The average Bonchev–Trinajstić information content (AvgIpc) is 2.65. The van der Waals surface area contributed by atoms with Crippen LogP contribution in [-0.2, 0) is 11.3 Å². The molecule has 1 unspecified atom stereocenters. The van der Waals surface area contributed by atoms with Gasteiger partial charge in [0.1, 0.15) is 6.61 Å². The van der Waals surface area contributed by atoms with Gasteiger partial charge in [-0.1, -0.05) is 11.6 Å². The van der Waals surface area contributed by atoms with Crippen LogP contribution in [0.4, 0.5) is 13.2 Å². The molecule has 0 aliphatic carbocycles. The number of hydrogen-bond donors (Lipinski definition) is 2. The third-order valence-corrected chi connectivity index (χ3v) is 2.51. The van der Waals surface area contributed by atoms with E-state index in [1.165, 1.54) is 6.20 Å². The van der Waals surface area contributed by atoms with Crippen molar-refractivity contribution in [2.75, 3.05) is 13.2 Å². The normalized spacial score (nSPS) is 13.9. The largest absolute Gasteiger partial charge is 0.411 e. The number of aryl methyl sites for hydroxylation is 1. The molecule has 0 spiro atoms. The molecule has 0 saturated heterocycles. The molecule has 1 rings (SSSR count). The van der Waals surface area contributed by atoms with E-state index in [9.17, 15) is 13.2 Å². The van der Waals surface area contributed by atoms with Crippen molar-refractivity contribution in [3.05, 3.63) is 16.9 Å². The molecule has 1 aromatic heterocycles. The van der Waals surface area contributed by atoms with Gasteiger partial charge >= 0.3 is 6.18 Å².